The average molecular weight is 381 g/mol. The zero-order chi connectivity index (χ0) is 16.7. The summed E-state index contributed by atoms with van der Waals surface area (Å²) in [6.07, 6.45) is 1.35. The first-order chi connectivity index (χ1) is 11.0. The van der Waals surface area contributed by atoms with Crippen LogP contribution in [0.3, 0.4) is 0 Å². The molecule has 0 saturated carbocycles. The van der Waals surface area contributed by atoms with Crippen molar-refractivity contribution in [3.05, 3.63) is 52.9 Å². The quantitative estimate of drug-likeness (QED) is 0.746. The largest absolute Gasteiger partial charge is 0.459 e. The average Bonchev–Trinajstić information content (AvgIpc) is 3.07. The normalized spacial score (nSPS) is 9.96. The lowest BCUT2D eigenvalue weighted by Crippen LogP contribution is -2.32. The van der Waals surface area contributed by atoms with Crippen LogP contribution in [-0.2, 0) is 14.3 Å². The lowest BCUT2D eigenvalue weighted by atomic mass is 10.3. The molecule has 0 spiro atoms. The summed E-state index contributed by atoms with van der Waals surface area (Å²) in [5.74, 6) is -1.65. The third kappa shape index (κ3) is 5.59. The van der Waals surface area contributed by atoms with Gasteiger partial charge in [0.05, 0.1) is 6.26 Å². The Morgan fingerprint density at radius 3 is 2.52 bits per heavy atom. The number of rotatable bonds is 6. The van der Waals surface area contributed by atoms with Gasteiger partial charge in [0.2, 0.25) is 0 Å². The van der Waals surface area contributed by atoms with Crippen LogP contribution in [0.2, 0.25) is 0 Å². The van der Waals surface area contributed by atoms with Gasteiger partial charge in [0, 0.05) is 10.2 Å². The highest BCUT2D eigenvalue weighted by Crippen LogP contribution is 2.13. The van der Waals surface area contributed by atoms with Gasteiger partial charge in [-0.25, -0.2) is 0 Å². The molecule has 0 aliphatic carbocycles. The van der Waals surface area contributed by atoms with Crippen molar-refractivity contribution < 1.29 is 23.5 Å². The molecule has 0 radical (unpaired) electrons. The van der Waals surface area contributed by atoms with Crippen LogP contribution >= 0.6 is 15.9 Å². The second kappa shape index (κ2) is 8.14. The minimum atomic E-state index is -0.726. The van der Waals surface area contributed by atoms with Crippen LogP contribution < -0.4 is 10.6 Å². The molecule has 0 atom stereocenters. The Morgan fingerprint density at radius 2 is 1.87 bits per heavy atom. The van der Waals surface area contributed by atoms with E-state index < -0.39 is 24.4 Å². The summed E-state index contributed by atoms with van der Waals surface area (Å²) < 4.78 is 10.5. The summed E-state index contributed by atoms with van der Waals surface area (Å²) in [5.41, 5.74) is 0.584. The van der Waals surface area contributed by atoms with Crippen LogP contribution in [0.25, 0.3) is 0 Å². The van der Waals surface area contributed by atoms with E-state index in [1.807, 2.05) is 0 Å². The zero-order valence-electron chi connectivity index (χ0n) is 11.9. The van der Waals surface area contributed by atoms with E-state index in [4.69, 9.17) is 9.15 Å². The van der Waals surface area contributed by atoms with Crippen molar-refractivity contribution in [1.82, 2.24) is 5.32 Å². The molecule has 2 amide bonds. The number of halogens is 1. The van der Waals surface area contributed by atoms with Gasteiger partial charge in [-0.15, -0.1) is 0 Å². The van der Waals surface area contributed by atoms with E-state index >= 15 is 0 Å². The highest BCUT2D eigenvalue weighted by molar-refractivity contribution is 9.10. The first-order valence-electron chi connectivity index (χ1n) is 6.57. The second-order valence-electron chi connectivity index (χ2n) is 4.38. The molecule has 2 rings (SSSR count). The number of benzene rings is 1. The number of carbonyl (C=O) groups excluding carboxylic acids is 3. The molecule has 0 fully saturated rings. The number of ether oxygens (including phenoxy) is 1. The van der Waals surface area contributed by atoms with Gasteiger partial charge in [-0.05, 0) is 36.4 Å². The van der Waals surface area contributed by atoms with E-state index in [2.05, 4.69) is 26.6 Å². The molecule has 7 nitrogen and oxygen atoms in total. The fraction of sp³-hybridized carbons (Fsp3) is 0.133. The minimum absolute atomic E-state index is 0.0887. The Balaban J connectivity index is 1.68. The third-order valence-corrected chi connectivity index (χ3v) is 3.16. The van der Waals surface area contributed by atoms with Crippen molar-refractivity contribution in [3.8, 4) is 0 Å². The van der Waals surface area contributed by atoms with Crippen LogP contribution in [0.5, 0.6) is 0 Å². The maximum absolute atomic E-state index is 11.6. The number of carbonyl (C=O) groups is 3. The zero-order valence-corrected chi connectivity index (χ0v) is 13.5. The molecule has 120 valence electrons. The highest BCUT2D eigenvalue weighted by atomic mass is 79.9. The van der Waals surface area contributed by atoms with Crippen LogP contribution in [0.15, 0.2) is 51.6 Å². The van der Waals surface area contributed by atoms with Crippen molar-refractivity contribution in [2.24, 2.45) is 0 Å². The summed E-state index contributed by atoms with van der Waals surface area (Å²) in [4.78, 5) is 34.6. The molecule has 2 aromatic rings. The summed E-state index contributed by atoms with van der Waals surface area (Å²) in [7, 11) is 0. The Labute approximate surface area is 140 Å². The van der Waals surface area contributed by atoms with Crippen molar-refractivity contribution in [2.75, 3.05) is 18.5 Å². The summed E-state index contributed by atoms with van der Waals surface area (Å²) in [6, 6.07) is 9.96. The van der Waals surface area contributed by atoms with E-state index in [1.54, 1.807) is 30.3 Å². The Bertz CT molecular complexity index is 682. The molecule has 1 aromatic heterocycles. The van der Waals surface area contributed by atoms with Gasteiger partial charge in [0.1, 0.15) is 6.54 Å². The molecule has 0 aliphatic heterocycles. The number of nitrogens with one attached hydrogen (secondary N) is 2. The summed E-state index contributed by atoms with van der Waals surface area (Å²) in [6.45, 7) is -0.795. The van der Waals surface area contributed by atoms with E-state index in [1.165, 1.54) is 12.3 Å². The van der Waals surface area contributed by atoms with Crippen molar-refractivity contribution in [3.63, 3.8) is 0 Å². The monoisotopic (exact) mass is 380 g/mol. The van der Waals surface area contributed by atoms with Gasteiger partial charge < -0.3 is 19.8 Å². The van der Waals surface area contributed by atoms with Crippen LogP contribution in [0.1, 0.15) is 10.6 Å². The maximum Gasteiger partial charge on any atom is 0.325 e. The van der Waals surface area contributed by atoms with E-state index in [0.29, 0.717) is 5.69 Å². The number of hydrogen-bond acceptors (Lipinski definition) is 5. The molecule has 0 bridgehead atoms. The van der Waals surface area contributed by atoms with Crippen LogP contribution in [0.4, 0.5) is 5.69 Å². The molecule has 8 heteroatoms. The Kier molecular flexibility index (Phi) is 5.93. The number of hydrogen-bond donors (Lipinski definition) is 2. The standard InChI is InChI=1S/C15H13BrN2O5/c16-10-3-5-11(6-4-10)18-13(19)9-23-14(20)8-17-15(21)12-2-1-7-22-12/h1-7H,8-9H2,(H,17,21)(H,18,19). The lowest BCUT2D eigenvalue weighted by molar-refractivity contribution is -0.146. The van der Waals surface area contributed by atoms with Crippen molar-refractivity contribution in [2.45, 2.75) is 0 Å². The van der Waals surface area contributed by atoms with Gasteiger partial charge in [0.25, 0.3) is 11.8 Å². The first kappa shape index (κ1) is 16.8. The number of anilines is 1. The Morgan fingerprint density at radius 1 is 1.13 bits per heavy atom. The van der Waals surface area contributed by atoms with Gasteiger partial charge in [-0.1, -0.05) is 15.9 Å². The smallest absolute Gasteiger partial charge is 0.325 e. The molecule has 2 N–H and O–H groups in total. The topological polar surface area (TPSA) is 97.6 Å². The fourth-order valence-corrected chi connectivity index (χ4v) is 1.84. The first-order valence-corrected chi connectivity index (χ1v) is 7.36. The molecular formula is C15H13BrN2O5. The minimum Gasteiger partial charge on any atom is -0.459 e. The number of esters is 1. The van der Waals surface area contributed by atoms with Gasteiger partial charge >= 0.3 is 5.97 Å². The van der Waals surface area contributed by atoms with Crippen LogP contribution in [0, 0.1) is 0 Å². The van der Waals surface area contributed by atoms with Gasteiger partial charge in [-0.3, -0.25) is 14.4 Å². The molecule has 0 unspecified atom stereocenters. The molecule has 23 heavy (non-hydrogen) atoms. The van der Waals surface area contributed by atoms with Gasteiger partial charge in [0.15, 0.2) is 12.4 Å². The second-order valence-corrected chi connectivity index (χ2v) is 5.29. The molecule has 0 aliphatic rings. The molecular weight excluding hydrogens is 368 g/mol. The SMILES string of the molecule is O=C(COC(=O)CNC(=O)c1ccco1)Nc1ccc(Br)cc1. The summed E-state index contributed by atoms with van der Waals surface area (Å²) >= 11 is 3.28. The van der Waals surface area contributed by atoms with Crippen molar-refractivity contribution >= 4 is 39.4 Å². The summed E-state index contributed by atoms with van der Waals surface area (Å²) in [5, 5.41) is 4.89. The van der Waals surface area contributed by atoms with E-state index in [9.17, 15) is 14.4 Å². The number of amides is 2. The third-order valence-electron chi connectivity index (χ3n) is 2.63. The molecule has 1 aromatic carbocycles. The Hall–Kier alpha value is -2.61. The van der Waals surface area contributed by atoms with Crippen molar-refractivity contribution in [1.29, 1.82) is 0 Å². The van der Waals surface area contributed by atoms with Crippen LogP contribution in [-0.4, -0.2) is 30.9 Å². The fourth-order valence-electron chi connectivity index (χ4n) is 1.57. The number of furan rings is 1. The molecule has 1 heterocycles. The van der Waals surface area contributed by atoms with E-state index in [0.717, 1.165) is 4.47 Å². The van der Waals surface area contributed by atoms with Gasteiger partial charge in [-0.2, -0.15) is 0 Å². The van der Waals surface area contributed by atoms with E-state index in [-0.39, 0.29) is 12.3 Å². The predicted molar refractivity (Wildman–Crippen MR) is 84.8 cm³/mol. The lowest BCUT2D eigenvalue weighted by Gasteiger charge is -2.07. The predicted octanol–water partition coefficient (Wildman–Crippen LogP) is 1.95. The maximum atomic E-state index is 11.6. The molecule has 0 saturated heterocycles. The highest BCUT2D eigenvalue weighted by Gasteiger charge is 2.12.